The van der Waals surface area contributed by atoms with Gasteiger partial charge in [0, 0.05) is 19.6 Å². The molecule has 1 aromatic carbocycles. The number of nitriles is 1. The van der Waals surface area contributed by atoms with Crippen molar-refractivity contribution >= 4 is 29.2 Å². The van der Waals surface area contributed by atoms with E-state index in [4.69, 9.17) is 37.8 Å². The summed E-state index contributed by atoms with van der Waals surface area (Å²) in [6.45, 7) is 1.74. The zero-order valence-electron chi connectivity index (χ0n) is 14.5. The molecular weight excluding hydrogens is 377 g/mol. The van der Waals surface area contributed by atoms with Crippen LogP contribution in [0.5, 0.6) is 0 Å². The van der Waals surface area contributed by atoms with Gasteiger partial charge in [-0.25, -0.2) is 0 Å². The summed E-state index contributed by atoms with van der Waals surface area (Å²) in [4.78, 5) is 10.9. The van der Waals surface area contributed by atoms with Gasteiger partial charge in [-0.15, -0.1) is 0 Å². The van der Waals surface area contributed by atoms with Gasteiger partial charge in [0.2, 0.25) is 0 Å². The average Bonchev–Trinajstić information content (AvgIpc) is 2.63. The molecule has 0 aromatic heterocycles. The first-order valence-electron chi connectivity index (χ1n) is 8.75. The molecule has 1 heterocycles. The minimum Gasteiger partial charge on any atom is -0.481 e. The molecule has 7 heteroatoms. The average molecular weight is 400 g/mol. The van der Waals surface area contributed by atoms with E-state index in [0.29, 0.717) is 42.5 Å². The quantitative estimate of drug-likeness (QED) is 0.656. The van der Waals surface area contributed by atoms with Crippen molar-refractivity contribution in [3.05, 3.63) is 33.8 Å². The van der Waals surface area contributed by atoms with E-state index >= 15 is 0 Å². The Morgan fingerprint density at radius 1 is 1.38 bits per heavy atom. The van der Waals surface area contributed by atoms with Gasteiger partial charge in [-0.2, -0.15) is 5.26 Å². The molecule has 2 unspecified atom stereocenters. The number of benzene rings is 1. The molecule has 1 aliphatic heterocycles. The van der Waals surface area contributed by atoms with Gasteiger partial charge >= 0.3 is 5.97 Å². The predicted molar refractivity (Wildman–Crippen MR) is 99.6 cm³/mol. The first-order valence-corrected chi connectivity index (χ1v) is 9.50. The van der Waals surface area contributed by atoms with E-state index in [1.807, 2.05) is 0 Å². The Kier molecular flexibility index (Phi) is 8.17. The SMILES string of the molecule is N#CC(CCCC(=O)O)(CCOC1CCCOC1)c1ccc(Cl)c(Cl)c1. The molecule has 0 spiro atoms. The van der Waals surface area contributed by atoms with E-state index < -0.39 is 11.4 Å². The van der Waals surface area contributed by atoms with Crippen LogP contribution >= 0.6 is 23.2 Å². The van der Waals surface area contributed by atoms with Crippen molar-refractivity contribution in [1.82, 2.24) is 0 Å². The summed E-state index contributed by atoms with van der Waals surface area (Å²) in [5.74, 6) is -0.874. The second-order valence-corrected chi connectivity index (χ2v) is 7.34. The second-order valence-electron chi connectivity index (χ2n) is 6.53. The summed E-state index contributed by atoms with van der Waals surface area (Å²) in [5, 5.41) is 19.7. The van der Waals surface area contributed by atoms with Gasteiger partial charge in [0.25, 0.3) is 0 Å². The lowest BCUT2D eigenvalue weighted by Gasteiger charge is -2.29. The molecule has 0 radical (unpaired) electrons. The van der Waals surface area contributed by atoms with E-state index in [1.54, 1.807) is 18.2 Å². The van der Waals surface area contributed by atoms with Gasteiger partial charge in [0.05, 0.1) is 34.2 Å². The van der Waals surface area contributed by atoms with Crippen LogP contribution in [-0.2, 0) is 19.7 Å². The third kappa shape index (κ3) is 5.85. The van der Waals surface area contributed by atoms with Crippen molar-refractivity contribution in [2.24, 2.45) is 0 Å². The van der Waals surface area contributed by atoms with Gasteiger partial charge in [-0.3, -0.25) is 4.79 Å². The van der Waals surface area contributed by atoms with Crippen LogP contribution < -0.4 is 0 Å². The first kappa shape index (κ1) is 21.0. The molecule has 5 nitrogen and oxygen atoms in total. The maximum atomic E-state index is 10.9. The van der Waals surface area contributed by atoms with Crippen LogP contribution in [0.3, 0.4) is 0 Å². The van der Waals surface area contributed by atoms with E-state index in [1.165, 1.54) is 0 Å². The highest BCUT2D eigenvalue weighted by molar-refractivity contribution is 6.42. The normalized spacial score (nSPS) is 19.5. The lowest BCUT2D eigenvalue weighted by atomic mass is 9.75. The summed E-state index contributed by atoms with van der Waals surface area (Å²) >= 11 is 12.1. The molecule has 1 fully saturated rings. The third-order valence-corrected chi connectivity index (χ3v) is 5.42. The fourth-order valence-electron chi connectivity index (χ4n) is 3.17. The van der Waals surface area contributed by atoms with Gasteiger partial charge in [0.1, 0.15) is 0 Å². The third-order valence-electron chi connectivity index (χ3n) is 4.68. The number of carboxylic acid groups (broad SMARTS) is 1. The number of aliphatic carboxylic acids is 1. The summed E-state index contributed by atoms with van der Waals surface area (Å²) in [7, 11) is 0. The van der Waals surface area contributed by atoms with Crippen LogP contribution in [0.2, 0.25) is 10.0 Å². The highest BCUT2D eigenvalue weighted by atomic mass is 35.5. The predicted octanol–water partition coefficient (Wildman–Crippen LogP) is 4.60. The molecule has 1 saturated heterocycles. The lowest BCUT2D eigenvalue weighted by molar-refractivity contribution is -0.137. The Bertz CT molecular complexity index is 655. The van der Waals surface area contributed by atoms with Gasteiger partial charge in [0.15, 0.2) is 0 Å². The summed E-state index contributed by atoms with van der Waals surface area (Å²) < 4.78 is 11.3. The Morgan fingerprint density at radius 2 is 2.19 bits per heavy atom. The van der Waals surface area contributed by atoms with Crippen molar-refractivity contribution in [1.29, 1.82) is 5.26 Å². The summed E-state index contributed by atoms with van der Waals surface area (Å²) in [5.41, 5.74) is -0.123. The van der Waals surface area contributed by atoms with Crippen LogP contribution in [0.25, 0.3) is 0 Å². The van der Waals surface area contributed by atoms with Crippen LogP contribution in [0.4, 0.5) is 0 Å². The van der Waals surface area contributed by atoms with Crippen LogP contribution in [0.15, 0.2) is 18.2 Å². The number of hydrogen-bond acceptors (Lipinski definition) is 4. The molecule has 1 N–H and O–H groups in total. The molecule has 26 heavy (non-hydrogen) atoms. The first-order chi connectivity index (χ1) is 12.5. The monoisotopic (exact) mass is 399 g/mol. The molecule has 1 aliphatic rings. The van der Waals surface area contributed by atoms with Crippen molar-refractivity contribution in [2.75, 3.05) is 19.8 Å². The zero-order valence-corrected chi connectivity index (χ0v) is 16.1. The Balaban J connectivity index is 2.11. The minimum atomic E-state index is -0.874. The molecule has 0 amide bonds. The van der Waals surface area contributed by atoms with E-state index in [-0.39, 0.29) is 12.5 Å². The molecule has 0 bridgehead atoms. The molecule has 142 valence electrons. The molecule has 0 aliphatic carbocycles. The second kappa shape index (κ2) is 10.1. The Labute approximate surface area is 163 Å². The van der Waals surface area contributed by atoms with Crippen LogP contribution in [0.1, 0.15) is 44.1 Å². The van der Waals surface area contributed by atoms with Crippen molar-refractivity contribution in [2.45, 2.75) is 50.0 Å². The number of halogens is 2. The largest absolute Gasteiger partial charge is 0.481 e. The lowest BCUT2D eigenvalue weighted by Crippen LogP contribution is -2.30. The summed E-state index contributed by atoms with van der Waals surface area (Å²) in [6.07, 6.45) is 3.26. The van der Waals surface area contributed by atoms with E-state index in [2.05, 4.69) is 6.07 Å². The fourth-order valence-corrected chi connectivity index (χ4v) is 3.47. The summed E-state index contributed by atoms with van der Waals surface area (Å²) in [6, 6.07) is 7.52. The van der Waals surface area contributed by atoms with Crippen molar-refractivity contribution < 1.29 is 19.4 Å². The van der Waals surface area contributed by atoms with Gasteiger partial charge in [-0.05, 0) is 49.8 Å². The topological polar surface area (TPSA) is 79.6 Å². The molecule has 2 atom stereocenters. The highest BCUT2D eigenvalue weighted by Gasteiger charge is 2.33. The molecule has 2 rings (SSSR count). The van der Waals surface area contributed by atoms with Crippen LogP contribution in [-0.4, -0.2) is 37.0 Å². The number of nitrogens with zero attached hydrogens (tertiary/aromatic N) is 1. The van der Waals surface area contributed by atoms with Gasteiger partial charge in [-0.1, -0.05) is 29.3 Å². The Morgan fingerprint density at radius 3 is 2.81 bits per heavy atom. The molecule has 1 aromatic rings. The fraction of sp³-hybridized carbons (Fsp3) is 0.579. The van der Waals surface area contributed by atoms with E-state index in [0.717, 1.165) is 25.0 Å². The smallest absolute Gasteiger partial charge is 0.303 e. The minimum absolute atomic E-state index is 0.0159. The van der Waals surface area contributed by atoms with Crippen LogP contribution in [0, 0.1) is 11.3 Å². The maximum absolute atomic E-state index is 10.9. The standard InChI is InChI=1S/C19H23Cl2NO4/c20-16-6-5-14(11-17(16)21)19(13-22,7-1-4-18(23)24)8-10-26-15-3-2-9-25-12-15/h5-6,11,15H,1-4,7-10,12H2,(H,23,24). The molecular formula is C19H23Cl2NO4. The molecule has 0 saturated carbocycles. The van der Waals surface area contributed by atoms with Crippen molar-refractivity contribution in [3.63, 3.8) is 0 Å². The van der Waals surface area contributed by atoms with Crippen molar-refractivity contribution in [3.8, 4) is 6.07 Å². The zero-order chi connectivity index (χ0) is 19.0. The number of ether oxygens (including phenoxy) is 2. The number of rotatable bonds is 9. The highest BCUT2D eigenvalue weighted by Crippen LogP contribution is 2.36. The Hall–Kier alpha value is -1.32. The van der Waals surface area contributed by atoms with Gasteiger partial charge < -0.3 is 14.6 Å². The number of carboxylic acids is 1. The maximum Gasteiger partial charge on any atom is 0.303 e. The number of hydrogen-bond donors (Lipinski definition) is 1. The van der Waals surface area contributed by atoms with E-state index in [9.17, 15) is 10.1 Å². The number of carbonyl (C=O) groups is 1.